The number of fused-ring (bicyclic) bond motifs is 2. The van der Waals surface area contributed by atoms with Crippen LogP contribution in [0.15, 0.2) is 69.6 Å². The van der Waals surface area contributed by atoms with Crippen molar-refractivity contribution in [1.29, 1.82) is 0 Å². The van der Waals surface area contributed by atoms with Gasteiger partial charge < -0.3 is 14.3 Å². The van der Waals surface area contributed by atoms with Crippen molar-refractivity contribution in [2.75, 3.05) is 0 Å². The lowest BCUT2D eigenvalue weighted by molar-refractivity contribution is 0.0950. The van der Waals surface area contributed by atoms with E-state index in [1.807, 2.05) is 54.6 Å². The first-order chi connectivity index (χ1) is 13.3. The third-order valence-electron chi connectivity index (χ3n) is 4.15. The number of benzene rings is 2. The molecule has 132 valence electrons. The van der Waals surface area contributed by atoms with Crippen LogP contribution in [-0.4, -0.2) is 16.0 Å². The topological polar surface area (TPSA) is 81.2 Å². The number of carbonyl (C=O) groups excluding carboxylic acids is 1. The molecule has 3 aromatic heterocycles. The van der Waals surface area contributed by atoms with Crippen LogP contribution < -0.4 is 5.32 Å². The fourth-order valence-corrected chi connectivity index (χ4v) is 3.71. The minimum absolute atomic E-state index is 0.232. The third kappa shape index (κ3) is 2.98. The monoisotopic (exact) mass is 375 g/mol. The smallest absolute Gasteiger partial charge is 0.280 e. The minimum atomic E-state index is -0.232. The molecule has 0 atom stereocenters. The molecule has 0 radical (unpaired) electrons. The number of nitrogens with zero attached hydrogens (tertiary/aromatic N) is 2. The van der Waals surface area contributed by atoms with Gasteiger partial charge in [-0.1, -0.05) is 35.5 Å². The maximum Gasteiger partial charge on any atom is 0.280 e. The summed E-state index contributed by atoms with van der Waals surface area (Å²) >= 11 is 1.36. The highest BCUT2D eigenvalue weighted by Gasteiger charge is 2.15. The lowest BCUT2D eigenvalue weighted by Crippen LogP contribution is -2.22. The van der Waals surface area contributed by atoms with Gasteiger partial charge in [-0.05, 0) is 24.3 Å². The summed E-state index contributed by atoms with van der Waals surface area (Å²) in [7, 11) is 0. The molecule has 1 amide bonds. The number of aromatic nitrogens is 2. The average molecular weight is 375 g/mol. The highest BCUT2D eigenvalue weighted by Crippen LogP contribution is 2.28. The van der Waals surface area contributed by atoms with Gasteiger partial charge in [0.25, 0.3) is 5.91 Å². The van der Waals surface area contributed by atoms with E-state index in [1.165, 1.54) is 11.3 Å². The van der Waals surface area contributed by atoms with Crippen LogP contribution in [0.5, 0.6) is 0 Å². The Morgan fingerprint density at radius 3 is 2.78 bits per heavy atom. The van der Waals surface area contributed by atoms with Crippen LogP contribution in [0.3, 0.4) is 0 Å². The standard InChI is InChI=1S/C20H13N3O3S/c24-19(20-22-14-6-2-4-8-18(14)27-20)21-11-13-10-17(26-23-13)16-9-12-5-1-3-7-15(12)25-16/h1-10H,11H2,(H,21,24). The van der Waals surface area contributed by atoms with Crippen molar-refractivity contribution in [1.82, 2.24) is 15.5 Å². The molecule has 0 saturated carbocycles. The summed E-state index contributed by atoms with van der Waals surface area (Å²) in [5.74, 6) is 0.896. The molecule has 5 aromatic rings. The molecule has 0 saturated heterocycles. The van der Waals surface area contributed by atoms with Gasteiger partial charge in [0.05, 0.1) is 16.8 Å². The predicted molar refractivity (Wildman–Crippen MR) is 103 cm³/mol. The zero-order valence-corrected chi connectivity index (χ0v) is 14.8. The highest BCUT2D eigenvalue weighted by atomic mass is 32.1. The number of amides is 1. The van der Waals surface area contributed by atoms with Crippen LogP contribution in [-0.2, 0) is 6.54 Å². The van der Waals surface area contributed by atoms with Gasteiger partial charge in [-0.3, -0.25) is 4.79 Å². The van der Waals surface area contributed by atoms with Gasteiger partial charge in [0.2, 0.25) is 5.76 Å². The van der Waals surface area contributed by atoms with E-state index in [2.05, 4.69) is 15.5 Å². The van der Waals surface area contributed by atoms with Gasteiger partial charge in [0.15, 0.2) is 10.8 Å². The molecule has 1 N–H and O–H groups in total. The minimum Gasteiger partial charge on any atom is -0.453 e. The van der Waals surface area contributed by atoms with Gasteiger partial charge in [-0.25, -0.2) is 4.98 Å². The maximum absolute atomic E-state index is 12.3. The predicted octanol–water partition coefficient (Wildman–Crippen LogP) is 4.63. The molecule has 6 nitrogen and oxygen atoms in total. The Kier molecular flexibility index (Phi) is 3.72. The molecule has 7 heteroatoms. The molecule has 0 spiro atoms. The zero-order valence-electron chi connectivity index (χ0n) is 14.0. The van der Waals surface area contributed by atoms with Crippen LogP contribution in [0.2, 0.25) is 0 Å². The number of furan rings is 1. The first-order valence-corrected chi connectivity index (χ1v) is 9.16. The number of para-hydroxylation sites is 2. The summed E-state index contributed by atoms with van der Waals surface area (Å²) in [5, 5.41) is 8.25. The zero-order chi connectivity index (χ0) is 18.2. The fourth-order valence-electron chi connectivity index (χ4n) is 2.83. The normalized spacial score (nSPS) is 11.3. The summed E-state index contributed by atoms with van der Waals surface area (Å²) in [6.07, 6.45) is 0. The summed E-state index contributed by atoms with van der Waals surface area (Å²) in [4.78, 5) is 16.7. The van der Waals surface area contributed by atoms with Crippen molar-refractivity contribution in [3.05, 3.63) is 71.4 Å². The van der Waals surface area contributed by atoms with Crippen molar-refractivity contribution in [2.24, 2.45) is 0 Å². The Morgan fingerprint density at radius 1 is 1.04 bits per heavy atom. The van der Waals surface area contributed by atoms with Crippen LogP contribution in [0.25, 0.3) is 32.7 Å². The largest absolute Gasteiger partial charge is 0.453 e. The Hall–Kier alpha value is -3.45. The van der Waals surface area contributed by atoms with Crippen molar-refractivity contribution >= 4 is 38.4 Å². The molecular formula is C20H13N3O3S. The number of thiazole rings is 1. The van der Waals surface area contributed by atoms with E-state index in [9.17, 15) is 4.79 Å². The summed E-state index contributed by atoms with van der Waals surface area (Å²) < 4.78 is 12.1. The molecule has 5 rings (SSSR count). The SMILES string of the molecule is O=C(NCc1cc(-c2cc3ccccc3o2)on1)c1nc2ccccc2s1. The molecule has 3 heterocycles. The van der Waals surface area contributed by atoms with Crippen molar-refractivity contribution in [3.8, 4) is 11.5 Å². The molecule has 27 heavy (non-hydrogen) atoms. The molecule has 0 bridgehead atoms. The van der Waals surface area contributed by atoms with E-state index in [0.29, 0.717) is 22.2 Å². The second kappa shape index (κ2) is 6.37. The van der Waals surface area contributed by atoms with E-state index >= 15 is 0 Å². The number of rotatable bonds is 4. The maximum atomic E-state index is 12.3. The van der Waals surface area contributed by atoms with Crippen molar-refractivity contribution < 1.29 is 13.7 Å². The number of hydrogen-bond donors (Lipinski definition) is 1. The third-order valence-corrected chi connectivity index (χ3v) is 5.18. The van der Waals surface area contributed by atoms with E-state index in [-0.39, 0.29) is 12.5 Å². The van der Waals surface area contributed by atoms with Crippen LogP contribution in [0, 0.1) is 0 Å². The van der Waals surface area contributed by atoms with Gasteiger partial charge in [-0.15, -0.1) is 11.3 Å². The molecule has 2 aromatic carbocycles. The summed E-state index contributed by atoms with van der Waals surface area (Å²) in [5.41, 5.74) is 2.22. The van der Waals surface area contributed by atoms with Gasteiger partial charge in [0.1, 0.15) is 11.3 Å². The first-order valence-electron chi connectivity index (χ1n) is 8.34. The Labute approximate surface area is 157 Å². The van der Waals surface area contributed by atoms with E-state index in [0.717, 1.165) is 21.2 Å². The van der Waals surface area contributed by atoms with Crippen molar-refractivity contribution in [3.63, 3.8) is 0 Å². The van der Waals surface area contributed by atoms with Crippen LogP contribution in [0.1, 0.15) is 15.5 Å². The van der Waals surface area contributed by atoms with E-state index in [1.54, 1.807) is 6.07 Å². The first kappa shape index (κ1) is 15.8. The van der Waals surface area contributed by atoms with Crippen molar-refractivity contribution in [2.45, 2.75) is 6.54 Å². The molecule has 0 unspecified atom stereocenters. The molecule has 0 aliphatic heterocycles. The Morgan fingerprint density at radius 2 is 1.89 bits per heavy atom. The summed E-state index contributed by atoms with van der Waals surface area (Å²) in [6, 6.07) is 19.1. The fraction of sp³-hybridized carbons (Fsp3) is 0.0500. The van der Waals surface area contributed by atoms with E-state index in [4.69, 9.17) is 8.94 Å². The number of hydrogen-bond acceptors (Lipinski definition) is 6. The van der Waals surface area contributed by atoms with Gasteiger partial charge >= 0.3 is 0 Å². The molecule has 0 aliphatic carbocycles. The number of nitrogens with one attached hydrogen (secondary N) is 1. The van der Waals surface area contributed by atoms with Gasteiger partial charge in [-0.2, -0.15) is 0 Å². The highest BCUT2D eigenvalue weighted by molar-refractivity contribution is 7.20. The molecule has 0 fully saturated rings. The Balaban J connectivity index is 1.31. The Bertz CT molecular complexity index is 1200. The van der Waals surface area contributed by atoms with Crippen LogP contribution in [0.4, 0.5) is 0 Å². The average Bonchev–Trinajstić information content (AvgIpc) is 3.42. The van der Waals surface area contributed by atoms with Gasteiger partial charge in [0, 0.05) is 11.5 Å². The molecular weight excluding hydrogens is 362 g/mol. The lowest BCUT2D eigenvalue weighted by atomic mass is 10.2. The quantitative estimate of drug-likeness (QED) is 0.495. The van der Waals surface area contributed by atoms with E-state index < -0.39 is 0 Å². The summed E-state index contributed by atoms with van der Waals surface area (Å²) in [6.45, 7) is 0.248. The molecule has 0 aliphatic rings. The second-order valence-electron chi connectivity index (χ2n) is 6.00. The number of carbonyl (C=O) groups is 1. The second-order valence-corrected chi connectivity index (χ2v) is 7.03. The lowest BCUT2D eigenvalue weighted by Gasteiger charge is -1.98. The van der Waals surface area contributed by atoms with Crippen LogP contribution >= 0.6 is 11.3 Å².